The Bertz CT molecular complexity index is 232. The first kappa shape index (κ1) is 9.45. The van der Waals surface area contributed by atoms with Crippen molar-refractivity contribution in [3.05, 3.63) is 0 Å². The third-order valence-electron chi connectivity index (χ3n) is 1.80. The molecule has 1 aliphatic rings. The van der Waals surface area contributed by atoms with Gasteiger partial charge in [0.15, 0.2) is 5.11 Å². The molecule has 0 aromatic heterocycles. The Balaban J connectivity index is 2.92. The van der Waals surface area contributed by atoms with Crippen molar-refractivity contribution in [2.24, 2.45) is 0 Å². The van der Waals surface area contributed by atoms with Crippen LogP contribution in [-0.2, 0) is 4.79 Å². The van der Waals surface area contributed by atoms with Gasteiger partial charge in [0.05, 0.1) is 0 Å². The predicted molar refractivity (Wildman–Crippen MR) is 51.8 cm³/mol. The predicted octanol–water partition coefficient (Wildman–Crippen LogP) is 0.890. The van der Waals surface area contributed by atoms with Gasteiger partial charge in [0.25, 0.3) is 5.91 Å². The normalized spacial score (nSPS) is 24.7. The maximum atomic E-state index is 11.5. The lowest BCUT2D eigenvalue weighted by atomic mass is 10.1. The highest BCUT2D eigenvalue weighted by atomic mass is 32.1. The average Bonchev–Trinajstić information content (AvgIpc) is 2.05. The highest BCUT2D eigenvalue weighted by molar-refractivity contribution is 7.80. The molecule has 1 atom stereocenters. The van der Waals surface area contributed by atoms with E-state index in [1.807, 2.05) is 27.7 Å². The number of rotatable bonds is 0. The Hall–Kier alpha value is -0.640. The summed E-state index contributed by atoms with van der Waals surface area (Å²) in [6.07, 6.45) is 0. The molecule has 0 spiro atoms. The van der Waals surface area contributed by atoms with Crippen molar-refractivity contribution in [3.63, 3.8) is 0 Å². The Morgan fingerprint density at radius 1 is 1.50 bits per heavy atom. The smallest absolute Gasteiger partial charge is 0.251 e. The lowest BCUT2D eigenvalue weighted by Gasteiger charge is -2.30. The van der Waals surface area contributed by atoms with Crippen molar-refractivity contribution in [2.75, 3.05) is 0 Å². The van der Waals surface area contributed by atoms with Gasteiger partial charge < -0.3 is 5.32 Å². The lowest BCUT2D eigenvalue weighted by molar-refractivity contribution is -0.129. The summed E-state index contributed by atoms with van der Waals surface area (Å²) in [6, 6.07) is -0.170. The van der Waals surface area contributed by atoms with Gasteiger partial charge in [-0.05, 0) is 39.9 Å². The molecule has 0 aliphatic carbocycles. The van der Waals surface area contributed by atoms with Crippen molar-refractivity contribution >= 4 is 23.2 Å². The average molecular weight is 186 g/mol. The number of hydrogen-bond acceptors (Lipinski definition) is 2. The van der Waals surface area contributed by atoms with Crippen LogP contribution in [0.1, 0.15) is 27.7 Å². The molecule has 1 amide bonds. The molecule has 0 radical (unpaired) electrons. The van der Waals surface area contributed by atoms with Crippen LogP contribution in [0.4, 0.5) is 0 Å². The van der Waals surface area contributed by atoms with Crippen molar-refractivity contribution < 1.29 is 4.79 Å². The van der Waals surface area contributed by atoms with E-state index in [2.05, 4.69) is 5.32 Å². The molecule has 1 rings (SSSR count). The van der Waals surface area contributed by atoms with E-state index in [9.17, 15) is 4.79 Å². The van der Waals surface area contributed by atoms with Crippen LogP contribution >= 0.6 is 12.2 Å². The summed E-state index contributed by atoms with van der Waals surface area (Å²) >= 11 is 5.04. The molecule has 1 heterocycles. The van der Waals surface area contributed by atoms with Gasteiger partial charge in [-0.3, -0.25) is 9.69 Å². The van der Waals surface area contributed by atoms with Gasteiger partial charge in [-0.1, -0.05) is 0 Å². The second-order valence-corrected chi connectivity index (χ2v) is 4.40. The van der Waals surface area contributed by atoms with Gasteiger partial charge in [0, 0.05) is 5.54 Å². The van der Waals surface area contributed by atoms with Crippen LogP contribution < -0.4 is 5.32 Å². The number of thiocarbonyl (C=S) groups is 1. The van der Waals surface area contributed by atoms with Crippen LogP contribution in [0.2, 0.25) is 0 Å². The minimum atomic E-state index is -0.216. The first-order valence-corrected chi connectivity index (χ1v) is 4.39. The molecule has 1 aliphatic heterocycles. The molecule has 1 unspecified atom stereocenters. The third kappa shape index (κ3) is 1.43. The van der Waals surface area contributed by atoms with Gasteiger partial charge in [-0.15, -0.1) is 0 Å². The van der Waals surface area contributed by atoms with E-state index in [4.69, 9.17) is 12.2 Å². The largest absolute Gasteiger partial charge is 0.351 e. The quantitative estimate of drug-likeness (QED) is 0.570. The van der Waals surface area contributed by atoms with Crippen LogP contribution in [0.3, 0.4) is 0 Å². The van der Waals surface area contributed by atoms with Gasteiger partial charge >= 0.3 is 0 Å². The van der Waals surface area contributed by atoms with E-state index < -0.39 is 0 Å². The molecule has 1 N–H and O–H groups in total. The van der Waals surface area contributed by atoms with Crippen LogP contribution in [-0.4, -0.2) is 27.5 Å². The molecule has 0 aromatic carbocycles. The number of nitrogens with one attached hydrogen (secondary N) is 1. The fourth-order valence-electron chi connectivity index (χ4n) is 1.24. The van der Waals surface area contributed by atoms with Crippen molar-refractivity contribution in [1.29, 1.82) is 0 Å². The maximum Gasteiger partial charge on any atom is 0.251 e. The Morgan fingerprint density at radius 3 is 2.17 bits per heavy atom. The number of carbonyl (C=O) groups excluding carboxylic acids is 1. The van der Waals surface area contributed by atoms with Gasteiger partial charge in [0.2, 0.25) is 0 Å². The third-order valence-corrected chi connectivity index (χ3v) is 2.11. The monoisotopic (exact) mass is 186 g/mol. The lowest BCUT2D eigenvalue weighted by Crippen LogP contribution is -2.45. The second-order valence-electron chi connectivity index (χ2n) is 4.02. The SMILES string of the molecule is CC1NC(=S)N(C(C)(C)C)C1=O. The highest BCUT2D eigenvalue weighted by Crippen LogP contribution is 2.19. The molecule has 1 fully saturated rings. The van der Waals surface area contributed by atoms with Gasteiger partial charge in [-0.25, -0.2) is 0 Å². The summed E-state index contributed by atoms with van der Waals surface area (Å²) in [5.41, 5.74) is -0.216. The van der Waals surface area contributed by atoms with Crippen LogP contribution in [0.15, 0.2) is 0 Å². The molecular weight excluding hydrogens is 172 g/mol. The minimum absolute atomic E-state index is 0.0625. The minimum Gasteiger partial charge on any atom is -0.351 e. The first-order valence-electron chi connectivity index (χ1n) is 3.98. The molecule has 68 valence electrons. The van der Waals surface area contributed by atoms with E-state index >= 15 is 0 Å². The van der Waals surface area contributed by atoms with E-state index in [0.29, 0.717) is 5.11 Å². The summed E-state index contributed by atoms with van der Waals surface area (Å²) < 4.78 is 0. The van der Waals surface area contributed by atoms with Gasteiger partial charge in [0.1, 0.15) is 6.04 Å². The number of carbonyl (C=O) groups is 1. The van der Waals surface area contributed by atoms with Crippen LogP contribution in [0.5, 0.6) is 0 Å². The summed E-state index contributed by atoms with van der Waals surface area (Å²) in [4.78, 5) is 13.2. The summed E-state index contributed by atoms with van der Waals surface area (Å²) in [7, 11) is 0. The summed E-state index contributed by atoms with van der Waals surface area (Å²) in [6.45, 7) is 7.73. The van der Waals surface area contributed by atoms with E-state index in [1.54, 1.807) is 4.90 Å². The van der Waals surface area contributed by atoms with E-state index in [-0.39, 0.29) is 17.5 Å². The number of nitrogens with zero attached hydrogens (tertiary/aromatic N) is 1. The molecular formula is C8H14N2OS. The zero-order valence-electron chi connectivity index (χ0n) is 7.84. The molecule has 3 nitrogen and oxygen atoms in total. The Kier molecular flexibility index (Phi) is 2.12. The van der Waals surface area contributed by atoms with Crippen molar-refractivity contribution in [1.82, 2.24) is 10.2 Å². The van der Waals surface area contributed by atoms with Crippen molar-refractivity contribution in [3.8, 4) is 0 Å². The van der Waals surface area contributed by atoms with Crippen LogP contribution in [0, 0.1) is 0 Å². The standard InChI is InChI=1S/C8H14N2OS/c1-5-6(11)10(7(12)9-5)8(2,3)4/h5H,1-4H3,(H,9,12). The molecule has 12 heavy (non-hydrogen) atoms. The van der Waals surface area contributed by atoms with Crippen molar-refractivity contribution in [2.45, 2.75) is 39.3 Å². The fourth-order valence-corrected chi connectivity index (χ4v) is 1.78. The molecule has 0 saturated carbocycles. The fraction of sp³-hybridized carbons (Fsp3) is 0.750. The Morgan fingerprint density at radius 2 is 2.00 bits per heavy atom. The highest BCUT2D eigenvalue weighted by Gasteiger charge is 2.38. The topological polar surface area (TPSA) is 32.3 Å². The maximum absolute atomic E-state index is 11.5. The van der Waals surface area contributed by atoms with E-state index in [0.717, 1.165) is 0 Å². The molecule has 0 aromatic rings. The first-order chi connectivity index (χ1) is 5.34. The van der Waals surface area contributed by atoms with E-state index in [1.165, 1.54) is 0 Å². The zero-order chi connectivity index (χ0) is 9.52. The number of amides is 1. The molecule has 4 heteroatoms. The summed E-state index contributed by atoms with van der Waals surface area (Å²) in [5, 5.41) is 3.47. The summed E-state index contributed by atoms with van der Waals surface area (Å²) in [5.74, 6) is 0.0625. The van der Waals surface area contributed by atoms with Gasteiger partial charge in [-0.2, -0.15) is 0 Å². The van der Waals surface area contributed by atoms with Crippen LogP contribution in [0.25, 0.3) is 0 Å². The zero-order valence-corrected chi connectivity index (χ0v) is 8.66. The molecule has 1 saturated heterocycles. The molecule has 0 bridgehead atoms. The Labute approximate surface area is 78.1 Å². The second kappa shape index (κ2) is 2.69. The number of hydrogen-bond donors (Lipinski definition) is 1.